The first kappa shape index (κ1) is 17.4. The number of hydrogen-bond donors (Lipinski definition) is 2. The number of carbonyl (C=O) groups excluding carboxylic acids is 1. The van der Waals surface area contributed by atoms with Gasteiger partial charge in [0, 0.05) is 29.4 Å². The average Bonchev–Trinajstić information content (AvgIpc) is 3.37. The molecule has 0 aliphatic carbocycles. The topological polar surface area (TPSA) is 96.0 Å². The third kappa shape index (κ3) is 3.56. The van der Waals surface area contributed by atoms with E-state index < -0.39 is 0 Å². The molecule has 1 aliphatic rings. The number of anilines is 2. The van der Waals surface area contributed by atoms with Gasteiger partial charge in [0.25, 0.3) is 0 Å². The molecule has 0 saturated carbocycles. The fraction of sp³-hybridized carbons (Fsp3) is 0.238. The van der Waals surface area contributed by atoms with E-state index in [1.54, 1.807) is 12.5 Å². The number of nitrogens with zero attached hydrogens (tertiary/aromatic N) is 4. The highest BCUT2D eigenvalue weighted by Gasteiger charge is 2.19. The van der Waals surface area contributed by atoms with Crippen LogP contribution in [0.3, 0.4) is 0 Å². The van der Waals surface area contributed by atoms with E-state index in [0.29, 0.717) is 25.4 Å². The van der Waals surface area contributed by atoms with Gasteiger partial charge in [-0.25, -0.2) is 9.97 Å². The molecule has 29 heavy (non-hydrogen) atoms. The highest BCUT2D eigenvalue weighted by Crippen LogP contribution is 2.28. The minimum absolute atomic E-state index is 0.210. The summed E-state index contributed by atoms with van der Waals surface area (Å²) in [5.74, 6) is 1.65. The number of nitrogens with one attached hydrogen (secondary N) is 2. The third-order valence-electron chi connectivity index (χ3n) is 5.11. The van der Waals surface area contributed by atoms with E-state index in [9.17, 15) is 4.79 Å². The van der Waals surface area contributed by atoms with Gasteiger partial charge in [-0.05, 0) is 42.8 Å². The average molecular weight is 388 g/mol. The van der Waals surface area contributed by atoms with E-state index in [1.807, 2.05) is 41.3 Å². The van der Waals surface area contributed by atoms with Crippen LogP contribution in [0.15, 0.2) is 48.9 Å². The lowest BCUT2D eigenvalue weighted by atomic mass is 10.2. The molecule has 0 bridgehead atoms. The minimum atomic E-state index is 0.210. The van der Waals surface area contributed by atoms with Crippen LogP contribution in [0, 0.1) is 0 Å². The Morgan fingerprint density at radius 3 is 3.03 bits per heavy atom. The van der Waals surface area contributed by atoms with Crippen molar-refractivity contribution in [1.29, 1.82) is 0 Å². The fourth-order valence-corrected chi connectivity index (χ4v) is 3.60. The molecule has 0 unspecified atom stereocenters. The number of ether oxygens (including phenoxy) is 1. The van der Waals surface area contributed by atoms with E-state index in [4.69, 9.17) is 4.74 Å². The van der Waals surface area contributed by atoms with Crippen molar-refractivity contribution in [3.63, 3.8) is 0 Å². The number of benzene rings is 2. The molecule has 0 atom stereocenters. The minimum Gasteiger partial charge on any atom is -0.492 e. The smallest absolute Gasteiger partial charge is 0.222 e. The van der Waals surface area contributed by atoms with Crippen molar-refractivity contribution in [2.75, 3.05) is 25.0 Å². The SMILES string of the molecule is O=C1CCCN1CCOc1ccc2ncnc(Nc3ccc4[nH]ncc4c3)c2c1. The monoisotopic (exact) mass is 388 g/mol. The van der Waals surface area contributed by atoms with E-state index in [2.05, 4.69) is 25.5 Å². The van der Waals surface area contributed by atoms with Crippen molar-refractivity contribution in [2.45, 2.75) is 12.8 Å². The number of aromatic nitrogens is 4. The van der Waals surface area contributed by atoms with Crippen molar-refractivity contribution in [2.24, 2.45) is 0 Å². The highest BCUT2D eigenvalue weighted by molar-refractivity contribution is 5.92. The quantitative estimate of drug-likeness (QED) is 0.526. The number of aromatic amines is 1. The predicted octanol–water partition coefficient (Wildman–Crippen LogP) is 3.25. The summed E-state index contributed by atoms with van der Waals surface area (Å²) < 4.78 is 5.89. The summed E-state index contributed by atoms with van der Waals surface area (Å²) in [6, 6.07) is 11.7. The molecule has 0 radical (unpaired) electrons. The van der Waals surface area contributed by atoms with Gasteiger partial charge in [-0.2, -0.15) is 5.10 Å². The molecule has 1 fully saturated rings. The van der Waals surface area contributed by atoms with Gasteiger partial charge in [-0.3, -0.25) is 9.89 Å². The van der Waals surface area contributed by atoms with Crippen LogP contribution in [0.25, 0.3) is 21.8 Å². The van der Waals surface area contributed by atoms with Crippen molar-refractivity contribution in [1.82, 2.24) is 25.1 Å². The number of amides is 1. The van der Waals surface area contributed by atoms with Gasteiger partial charge >= 0.3 is 0 Å². The lowest BCUT2D eigenvalue weighted by Gasteiger charge is -2.16. The summed E-state index contributed by atoms with van der Waals surface area (Å²) in [6.45, 7) is 1.89. The Hall–Kier alpha value is -3.68. The maximum Gasteiger partial charge on any atom is 0.222 e. The molecular formula is C21H20N6O2. The second-order valence-corrected chi connectivity index (χ2v) is 7.03. The normalized spacial score (nSPS) is 14.1. The van der Waals surface area contributed by atoms with Crippen LogP contribution in [0.2, 0.25) is 0 Å². The number of rotatable bonds is 6. The second kappa shape index (κ2) is 7.38. The van der Waals surface area contributed by atoms with Gasteiger partial charge in [-0.15, -0.1) is 0 Å². The van der Waals surface area contributed by atoms with E-state index >= 15 is 0 Å². The van der Waals surface area contributed by atoms with Crippen molar-refractivity contribution >= 4 is 39.2 Å². The van der Waals surface area contributed by atoms with Gasteiger partial charge < -0.3 is 15.0 Å². The Morgan fingerprint density at radius 2 is 2.14 bits per heavy atom. The lowest BCUT2D eigenvalue weighted by Crippen LogP contribution is -2.29. The van der Waals surface area contributed by atoms with Gasteiger partial charge in [0.2, 0.25) is 5.91 Å². The maximum absolute atomic E-state index is 11.7. The summed E-state index contributed by atoms with van der Waals surface area (Å²) in [4.78, 5) is 22.3. The lowest BCUT2D eigenvalue weighted by molar-refractivity contribution is -0.128. The summed E-state index contributed by atoms with van der Waals surface area (Å²) in [6.07, 6.45) is 4.91. The van der Waals surface area contributed by atoms with Crippen molar-refractivity contribution in [3.05, 3.63) is 48.9 Å². The largest absolute Gasteiger partial charge is 0.492 e. The molecule has 1 aliphatic heterocycles. The Balaban J connectivity index is 1.35. The molecule has 3 heterocycles. The van der Waals surface area contributed by atoms with Gasteiger partial charge in [0.1, 0.15) is 24.5 Å². The van der Waals surface area contributed by atoms with Crippen LogP contribution < -0.4 is 10.1 Å². The zero-order chi connectivity index (χ0) is 19.6. The molecule has 2 aromatic heterocycles. The first-order chi connectivity index (χ1) is 14.3. The summed E-state index contributed by atoms with van der Waals surface area (Å²) in [5, 5.41) is 12.3. The first-order valence-electron chi connectivity index (χ1n) is 9.62. The number of likely N-dealkylation sites (tertiary alicyclic amines) is 1. The zero-order valence-electron chi connectivity index (χ0n) is 15.8. The molecule has 0 spiro atoms. The van der Waals surface area contributed by atoms with E-state index in [1.165, 1.54) is 0 Å². The molecule has 2 aromatic carbocycles. The van der Waals surface area contributed by atoms with Crippen LogP contribution in [0.4, 0.5) is 11.5 Å². The van der Waals surface area contributed by atoms with Gasteiger partial charge in [0.15, 0.2) is 0 Å². The molecule has 4 aromatic rings. The molecule has 146 valence electrons. The molecule has 2 N–H and O–H groups in total. The summed E-state index contributed by atoms with van der Waals surface area (Å²) >= 11 is 0. The number of H-pyrrole nitrogens is 1. The van der Waals surface area contributed by atoms with Crippen LogP contribution >= 0.6 is 0 Å². The molecule has 8 nitrogen and oxygen atoms in total. The summed E-state index contributed by atoms with van der Waals surface area (Å²) in [5.41, 5.74) is 2.72. The second-order valence-electron chi connectivity index (χ2n) is 7.03. The highest BCUT2D eigenvalue weighted by atomic mass is 16.5. The van der Waals surface area contributed by atoms with Gasteiger partial charge in [-0.1, -0.05) is 0 Å². The molecule has 1 amide bonds. The van der Waals surface area contributed by atoms with Crippen molar-refractivity contribution < 1.29 is 9.53 Å². The molecule has 5 rings (SSSR count). The summed E-state index contributed by atoms with van der Waals surface area (Å²) in [7, 11) is 0. The third-order valence-corrected chi connectivity index (χ3v) is 5.11. The van der Waals surface area contributed by atoms with Crippen molar-refractivity contribution in [3.8, 4) is 5.75 Å². The predicted molar refractivity (Wildman–Crippen MR) is 110 cm³/mol. The standard InChI is InChI=1S/C21H20N6O2/c28-20-2-1-7-27(20)8-9-29-16-4-6-19-17(11-16)21(23-13-22-19)25-15-3-5-18-14(10-15)12-24-26-18/h3-6,10-13H,1-2,7-9H2,(H,24,26)(H,22,23,25). The van der Waals surface area contributed by atoms with Gasteiger partial charge in [0.05, 0.1) is 23.8 Å². The van der Waals surface area contributed by atoms with Crippen LogP contribution in [-0.4, -0.2) is 50.7 Å². The number of fused-ring (bicyclic) bond motifs is 2. The van der Waals surface area contributed by atoms with E-state index in [-0.39, 0.29) is 5.91 Å². The molecule has 8 heteroatoms. The first-order valence-corrected chi connectivity index (χ1v) is 9.62. The fourth-order valence-electron chi connectivity index (χ4n) is 3.60. The Morgan fingerprint density at radius 1 is 1.17 bits per heavy atom. The molecule has 1 saturated heterocycles. The number of hydrogen-bond acceptors (Lipinski definition) is 6. The molecular weight excluding hydrogens is 368 g/mol. The van der Waals surface area contributed by atoms with Crippen LogP contribution in [-0.2, 0) is 4.79 Å². The van der Waals surface area contributed by atoms with E-state index in [0.717, 1.165) is 46.2 Å². The Bertz CT molecular complexity index is 1190. The number of carbonyl (C=O) groups is 1. The Kier molecular flexibility index (Phi) is 4.44. The Labute approximate surface area is 166 Å². The maximum atomic E-state index is 11.7. The zero-order valence-corrected chi connectivity index (χ0v) is 15.8. The van der Waals surface area contributed by atoms with Crippen LogP contribution in [0.1, 0.15) is 12.8 Å². The van der Waals surface area contributed by atoms with Crippen LogP contribution in [0.5, 0.6) is 5.75 Å².